The molecule has 0 unspecified atom stereocenters. The van der Waals surface area contributed by atoms with Gasteiger partial charge in [-0.2, -0.15) is 0 Å². The molecule has 0 saturated carbocycles. The summed E-state index contributed by atoms with van der Waals surface area (Å²) in [6.07, 6.45) is 5.81. The van der Waals surface area contributed by atoms with Crippen molar-refractivity contribution in [1.29, 1.82) is 0 Å². The van der Waals surface area contributed by atoms with Gasteiger partial charge in [0.05, 0.1) is 11.3 Å². The zero-order valence-corrected chi connectivity index (χ0v) is 20.5. The molecule has 6 N–H and O–H groups in total. The Bertz CT molecular complexity index is 1030. The van der Waals surface area contributed by atoms with Crippen LogP contribution in [-0.4, -0.2) is 34.5 Å². The molecule has 9 heteroatoms. The number of aliphatic hydroxyl groups excluding tert-OH is 1. The third-order valence-corrected chi connectivity index (χ3v) is 6.90. The Labute approximate surface area is 203 Å². The Kier molecular flexibility index (Phi) is 10.1. The van der Waals surface area contributed by atoms with E-state index in [2.05, 4.69) is 49.3 Å². The number of aryl methyl sites for hydroxylation is 3. The van der Waals surface area contributed by atoms with E-state index in [9.17, 15) is 19.5 Å². The molecule has 3 rings (SSSR count). The summed E-state index contributed by atoms with van der Waals surface area (Å²) in [4.78, 5) is 35.5. The van der Waals surface area contributed by atoms with Crippen LogP contribution in [0.1, 0.15) is 65.0 Å². The molecule has 34 heavy (non-hydrogen) atoms. The summed E-state index contributed by atoms with van der Waals surface area (Å²) in [7, 11) is 0. The summed E-state index contributed by atoms with van der Waals surface area (Å²) in [5, 5.41) is 23.7. The van der Waals surface area contributed by atoms with E-state index in [0.717, 1.165) is 54.7 Å². The zero-order valence-electron chi connectivity index (χ0n) is 19.6. The summed E-state index contributed by atoms with van der Waals surface area (Å²) in [5.41, 5.74) is 10.6. The summed E-state index contributed by atoms with van der Waals surface area (Å²) in [5.74, 6) is -2.15. The molecule has 0 saturated heterocycles. The maximum Gasteiger partial charge on any atom is 0.326 e. The number of nitrogens with two attached hydrogens (primary N) is 1. The zero-order chi connectivity index (χ0) is 25.3. The van der Waals surface area contributed by atoms with Gasteiger partial charge in [0.2, 0.25) is 6.41 Å². The van der Waals surface area contributed by atoms with Crippen LogP contribution in [0.4, 0.5) is 10.7 Å². The van der Waals surface area contributed by atoms with Gasteiger partial charge in [0, 0.05) is 17.0 Å². The molecule has 1 aliphatic carbocycles. The fourth-order valence-corrected chi connectivity index (χ4v) is 5.16. The summed E-state index contributed by atoms with van der Waals surface area (Å²) >= 11 is 1.35. The summed E-state index contributed by atoms with van der Waals surface area (Å²) in [6, 6.07) is 4.99. The van der Waals surface area contributed by atoms with E-state index in [1.165, 1.54) is 22.5 Å². The van der Waals surface area contributed by atoms with Gasteiger partial charge in [-0.3, -0.25) is 9.59 Å². The van der Waals surface area contributed by atoms with Crippen LogP contribution < -0.4 is 16.4 Å². The molecule has 0 bridgehead atoms. The normalized spacial score (nSPS) is 13.0. The molecule has 0 aliphatic heterocycles. The minimum Gasteiger partial charge on any atom is -0.513 e. The third kappa shape index (κ3) is 6.84. The predicted molar refractivity (Wildman–Crippen MR) is 136 cm³/mol. The van der Waals surface area contributed by atoms with Gasteiger partial charge in [-0.15, -0.1) is 11.3 Å². The van der Waals surface area contributed by atoms with E-state index >= 15 is 0 Å². The summed E-state index contributed by atoms with van der Waals surface area (Å²) < 4.78 is 0. The fourth-order valence-electron chi connectivity index (χ4n) is 3.91. The standard InChI is InChI=1S/C15H18N2O5S.C10H15N/c1-8(19)6-10(15(21)22)17-13(20)12-9-4-2-3-5-11(9)23-14(12)16-7-18;1-3-8-6-5-7-9(4-2)10(8)11/h7,10,19H,1-6H2,(H,16,18)(H,17,20)(H,21,22);5-7H,3-4,11H2,1-2H3/t10-;/m0./s1. The molecule has 1 heterocycles. The smallest absolute Gasteiger partial charge is 0.326 e. The van der Waals surface area contributed by atoms with Gasteiger partial charge in [-0.1, -0.05) is 38.6 Å². The third-order valence-electron chi connectivity index (χ3n) is 5.68. The van der Waals surface area contributed by atoms with E-state index in [-0.39, 0.29) is 12.2 Å². The maximum absolute atomic E-state index is 12.5. The lowest BCUT2D eigenvalue weighted by Crippen LogP contribution is -2.41. The minimum absolute atomic E-state index is 0.274. The average molecular weight is 488 g/mol. The van der Waals surface area contributed by atoms with Crippen molar-refractivity contribution in [2.75, 3.05) is 11.1 Å². The Morgan fingerprint density at radius 3 is 2.32 bits per heavy atom. The molecule has 2 aromatic rings. The maximum atomic E-state index is 12.5. The molecule has 0 fully saturated rings. The number of anilines is 2. The number of carbonyl (C=O) groups is 3. The number of amides is 2. The van der Waals surface area contributed by atoms with Crippen molar-refractivity contribution in [3.05, 3.63) is 57.7 Å². The van der Waals surface area contributed by atoms with Crippen molar-refractivity contribution < 1.29 is 24.6 Å². The molecule has 0 radical (unpaired) electrons. The highest BCUT2D eigenvalue weighted by atomic mass is 32.1. The van der Waals surface area contributed by atoms with Crippen LogP contribution in [-0.2, 0) is 35.3 Å². The van der Waals surface area contributed by atoms with Gasteiger partial charge >= 0.3 is 5.97 Å². The number of rotatable bonds is 9. The van der Waals surface area contributed by atoms with E-state index < -0.39 is 17.9 Å². The van der Waals surface area contributed by atoms with Crippen molar-refractivity contribution in [3.8, 4) is 0 Å². The van der Waals surface area contributed by atoms with Crippen molar-refractivity contribution in [1.82, 2.24) is 5.32 Å². The van der Waals surface area contributed by atoms with Crippen LogP contribution in [0.25, 0.3) is 0 Å². The first-order valence-electron chi connectivity index (χ1n) is 11.3. The van der Waals surface area contributed by atoms with Crippen LogP contribution in [0.2, 0.25) is 0 Å². The monoisotopic (exact) mass is 487 g/mol. The molecular weight excluding hydrogens is 454 g/mol. The Balaban J connectivity index is 0.000000310. The molecule has 1 aromatic heterocycles. The van der Waals surface area contributed by atoms with E-state index in [0.29, 0.717) is 17.0 Å². The number of hydrogen-bond acceptors (Lipinski definition) is 6. The van der Waals surface area contributed by atoms with Gasteiger partial charge in [0.25, 0.3) is 5.91 Å². The minimum atomic E-state index is -1.27. The van der Waals surface area contributed by atoms with Gasteiger partial charge in [0.15, 0.2) is 0 Å². The van der Waals surface area contributed by atoms with Gasteiger partial charge in [0.1, 0.15) is 11.0 Å². The van der Waals surface area contributed by atoms with Gasteiger partial charge in [-0.05, 0) is 55.2 Å². The number of fused-ring (bicyclic) bond motifs is 1. The number of aliphatic carboxylic acids is 1. The van der Waals surface area contributed by atoms with E-state index in [1.807, 2.05) is 0 Å². The summed E-state index contributed by atoms with van der Waals surface area (Å²) in [6.45, 7) is 7.51. The molecule has 184 valence electrons. The van der Waals surface area contributed by atoms with Crippen LogP contribution >= 0.6 is 11.3 Å². The van der Waals surface area contributed by atoms with Crippen LogP contribution in [0.3, 0.4) is 0 Å². The molecule has 0 spiro atoms. The average Bonchev–Trinajstić information content (AvgIpc) is 3.17. The first kappa shape index (κ1) is 26.9. The topological polar surface area (TPSA) is 142 Å². The number of aliphatic hydroxyl groups is 1. The predicted octanol–water partition coefficient (Wildman–Crippen LogP) is 4.23. The Morgan fingerprint density at radius 2 is 1.79 bits per heavy atom. The van der Waals surface area contributed by atoms with Crippen molar-refractivity contribution in [3.63, 3.8) is 0 Å². The van der Waals surface area contributed by atoms with Crippen LogP contribution in [0.5, 0.6) is 0 Å². The number of carboxylic acids is 1. The highest BCUT2D eigenvalue weighted by Crippen LogP contribution is 2.38. The molecule has 1 aromatic carbocycles. The second-order valence-electron chi connectivity index (χ2n) is 8.01. The largest absolute Gasteiger partial charge is 0.513 e. The number of hydrogen-bond donors (Lipinski definition) is 5. The SMILES string of the molecule is C=C(O)C[C@H](NC(=O)c1c(NC=O)sc2c1CCCC2)C(=O)O.CCc1cccc(CC)c1N. The lowest BCUT2D eigenvalue weighted by atomic mass is 9.95. The first-order chi connectivity index (χ1) is 16.2. The number of thiophene rings is 1. The van der Waals surface area contributed by atoms with Crippen LogP contribution in [0, 0.1) is 0 Å². The number of nitrogen functional groups attached to an aromatic ring is 1. The van der Waals surface area contributed by atoms with Crippen molar-refractivity contribution in [2.45, 2.75) is 64.8 Å². The Hall–Kier alpha value is -3.33. The molecule has 8 nitrogen and oxygen atoms in total. The highest BCUT2D eigenvalue weighted by Gasteiger charge is 2.28. The lowest BCUT2D eigenvalue weighted by molar-refractivity contribution is -0.139. The number of carbonyl (C=O) groups excluding carboxylic acids is 2. The number of para-hydroxylation sites is 1. The lowest BCUT2D eigenvalue weighted by Gasteiger charge is -2.16. The second-order valence-corrected chi connectivity index (χ2v) is 9.11. The fraction of sp³-hybridized carbons (Fsp3) is 0.400. The first-order valence-corrected chi connectivity index (χ1v) is 12.2. The van der Waals surface area contributed by atoms with Gasteiger partial charge < -0.3 is 26.6 Å². The Morgan fingerprint density at radius 1 is 1.18 bits per heavy atom. The van der Waals surface area contributed by atoms with Crippen molar-refractivity contribution in [2.24, 2.45) is 0 Å². The number of benzene rings is 1. The molecule has 1 atom stereocenters. The molecular formula is C25H33N3O5S. The van der Waals surface area contributed by atoms with Crippen LogP contribution in [0.15, 0.2) is 30.5 Å². The number of nitrogens with one attached hydrogen (secondary N) is 2. The van der Waals surface area contributed by atoms with E-state index in [1.54, 1.807) is 0 Å². The second kappa shape index (κ2) is 12.8. The number of carboxylic acid groups (broad SMARTS) is 1. The highest BCUT2D eigenvalue weighted by molar-refractivity contribution is 7.16. The quantitative estimate of drug-likeness (QED) is 0.204. The van der Waals surface area contributed by atoms with Gasteiger partial charge in [-0.25, -0.2) is 4.79 Å². The van der Waals surface area contributed by atoms with E-state index in [4.69, 9.17) is 10.8 Å². The molecule has 1 aliphatic rings. The molecule has 2 amide bonds. The van der Waals surface area contributed by atoms with Crippen molar-refractivity contribution >= 4 is 40.3 Å².